The topological polar surface area (TPSA) is 154 Å². The number of carbonyl (C=O) groups is 2. The molecule has 0 unspecified atom stereocenters. The highest BCUT2D eigenvalue weighted by atomic mass is 16.7. The lowest BCUT2D eigenvalue weighted by atomic mass is 10.3. The normalized spacial score (nSPS) is 10.8. The Bertz CT molecular complexity index is 853. The molecule has 10 heteroatoms. The Morgan fingerprint density at radius 1 is 1.15 bits per heavy atom. The molecule has 2 aromatic rings. The molecule has 0 aliphatic rings. The van der Waals surface area contributed by atoms with Gasteiger partial charge in [-0.25, -0.2) is 9.78 Å². The number of nitrogens with zero attached hydrogens (tertiary/aromatic N) is 3. The molecule has 1 aromatic carbocycles. The Morgan fingerprint density at radius 3 is 2.52 bits per heavy atom. The number of benzene rings is 1. The molecule has 27 heavy (non-hydrogen) atoms. The summed E-state index contributed by atoms with van der Waals surface area (Å²) >= 11 is 0. The maximum atomic E-state index is 11.7. The van der Waals surface area contributed by atoms with Crippen LogP contribution in [0.15, 0.2) is 46.6 Å². The van der Waals surface area contributed by atoms with Gasteiger partial charge in [0.1, 0.15) is 17.2 Å². The van der Waals surface area contributed by atoms with Gasteiger partial charge in [-0.3, -0.25) is 4.79 Å². The molecule has 0 radical (unpaired) electrons. The molecule has 1 amide bonds. The third-order valence-corrected chi connectivity index (χ3v) is 3.01. The molecule has 0 fully saturated rings. The zero-order valence-corrected chi connectivity index (χ0v) is 14.9. The standard InChI is InChI=1S/C17H20N6O4/c1-10(2)26-17(25)27-13-6-4-3-5-11(13)22-23-12-7-8-14(21-16(12)19)20-15(24)9-18/h3-8,10H,9,18H2,1-2H3,(H3,19,20,21,24)/b23-22+. The van der Waals surface area contributed by atoms with Gasteiger partial charge < -0.3 is 26.3 Å². The molecule has 1 aromatic heterocycles. The van der Waals surface area contributed by atoms with E-state index in [1.54, 1.807) is 38.1 Å². The first-order valence-electron chi connectivity index (χ1n) is 8.04. The second-order valence-electron chi connectivity index (χ2n) is 5.54. The van der Waals surface area contributed by atoms with Crippen LogP contribution < -0.4 is 21.5 Å². The second-order valence-corrected chi connectivity index (χ2v) is 5.54. The second kappa shape index (κ2) is 9.25. The van der Waals surface area contributed by atoms with E-state index in [4.69, 9.17) is 20.9 Å². The third-order valence-electron chi connectivity index (χ3n) is 3.01. The van der Waals surface area contributed by atoms with Crippen LogP contribution in [0, 0.1) is 0 Å². The van der Waals surface area contributed by atoms with Crippen molar-refractivity contribution >= 4 is 35.1 Å². The van der Waals surface area contributed by atoms with Crippen LogP contribution in [0.25, 0.3) is 0 Å². The molecule has 10 nitrogen and oxygen atoms in total. The molecule has 0 saturated carbocycles. The van der Waals surface area contributed by atoms with Crippen molar-refractivity contribution in [3.63, 3.8) is 0 Å². The van der Waals surface area contributed by atoms with Crippen molar-refractivity contribution in [3.8, 4) is 5.75 Å². The molecule has 0 aliphatic carbocycles. The maximum Gasteiger partial charge on any atom is 0.514 e. The van der Waals surface area contributed by atoms with Crippen LogP contribution in [0.2, 0.25) is 0 Å². The van der Waals surface area contributed by atoms with E-state index in [2.05, 4.69) is 20.5 Å². The highest BCUT2D eigenvalue weighted by Gasteiger charge is 2.12. The number of para-hydroxylation sites is 1. The molecule has 0 saturated heterocycles. The van der Waals surface area contributed by atoms with Gasteiger partial charge in [-0.15, -0.1) is 10.2 Å². The summed E-state index contributed by atoms with van der Waals surface area (Å²) in [5.41, 5.74) is 11.6. The first kappa shape index (κ1) is 19.8. The van der Waals surface area contributed by atoms with Crippen molar-refractivity contribution in [3.05, 3.63) is 36.4 Å². The zero-order chi connectivity index (χ0) is 19.8. The SMILES string of the molecule is CC(C)OC(=O)Oc1ccccc1/N=N/c1ccc(NC(=O)CN)nc1N. The van der Waals surface area contributed by atoms with Gasteiger partial charge in [0.15, 0.2) is 11.6 Å². The van der Waals surface area contributed by atoms with Gasteiger partial charge >= 0.3 is 6.16 Å². The predicted molar refractivity (Wildman–Crippen MR) is 99.2 cm³/mol. The van der Waals surface area contributed by atoms with Gasteiger partial charge in [0.2, 0.25) is 5.91 Å². The Labute approximate surface area is 155 Å². The zero-order valence-electron chi connectivity index (χ0n) is 14.9. The van der Waals surface area contributed by atoms with Gasteiger partial charge in [0.05, 0.1) is 12.6 Å². The van der Waals surface area contributed by atoms with Crippen molar-refractivity contribution in [1.29, 1.82) is 0 Å². The van der Waals surface area contributed by atoms with Crippen LogP contribution in [0.5, 0.6) is 5.75 Å². The summed E-state index contributed by atoms with van der Waals surface area (Å²) < 4.78 is 10.1. The number of nitrogen functional groups attached to an aromatic ring is 1. The Kier molecular flexibility index (Phi) is 6.78. The van der Waals surface area contributed by atoms with E-state index in [0.29, 0.717) is 5.69 Å². The minimum atomic E-state index is -0.839. The molecule has 0 bridgehead atoms. The Morgan fingerprint density at radius 2 is 1.85 bits per heavy atom. The van der Waals surface area contributed by atoms with Gasteiger partial charge in [-0.05, 0) is 38.1 Å². The molecule has 0 spiro atoms. The molecule has 0 aliphatic heterocycles. The van der Waals surface area contributed by atoms with E-state index < -0.39 is 12.1 Å². The summed E-state index contributed by atoms with van der Waals surface area (Å²) in [5, 5.41) is 10.5. The van der Waals surface area contributed by atoms with Gasteiger partial charge in [0, 0.05) is 0 Å². The Hall–Kier alpha value is -3.53. The van der Waals surface area contributed by atoms with Crippen molar-refractivity contribution < 1.29 is 19.1 Å². The summed E-state index contributed by atoms with van der Waals surface area (Å²) in [5.74, 6) is 0.106. The van der Waals surface area contributed by atoms with E-state index in [0.717, 1.165) is 0 Å². The van der Waals surface area contributed by atoms with E-state index in [-0.39, 0.29) is 35.7 Å². The fourth-order valence-electron chi connectivity index (χ4n) is 1.86. The van der Waals surface area contributed by atoms with Crippen LogP contribution in [0.1, 0.15) is 13.8 Å². The Balaban J connectivity index is 2.16. The highest BCUT2D eigenvalue weighted by Crippen LogP contribution is 2.30. The smallest absolute Gasteiger partial charge is 0.431 e. The average molecular weight is 372 g/mol. The number of carbonyl (C=O) groups excluding carboxylic acids is 2. The minimum Gasteiger partial charge on any atom is -0.431 e. The minimum absolute atomic E-state index is 0.0613. The van der Waals surface area contributed by atoms with Crippen LogP contribution in [-0.4, -0.2) is 29.7 Å². The van der Waals surface area contributed by atoms with Crippen molar-refractivity contribution in [1.82, 2.24) is 4.98 Å². The lowest BCUT2D eigenvalue weighted by Gasteiger charge is -2.09. The van der Waals surface area contributed by atoms with Crippen molar-refractivity contribution in [2.75, 3.05) is 17.6 Å². The summed E-state index contributed by atoms with van der Waals surface area (Å²) in [6.07, 6.45) is -1.15. The molecule has 5 N–H and O–H groups in total. The van der Waals surface area contributed by atoms with E-state index in [1.165, 1.54) is 12.1 Å². The van der Waals surface area contributed by atoms with E-state index >= 15 is 0 Å². The fraction of sp³-hybridized carbons (Fsp3) is 0.235. The van der Waals surface area contributed by atoms with Gasteiger partial charge in [-0.1, -0.05) is 12.1 Å². The molecule has 142 valence electrons. The predicted octanol–water partition coefficient (Wildman–Crippen LogP) is 2.90. The molecule has 1 heterocycles. The number of nitrogens with one attached hydrogen (secondary N) is 1. The highest BCUT2D eigenvalue weighted by molar-refractivity contribution is 5.91. The lowest BCUT2D eigenvalue weighted by Crippen LogP contribution is -2.22. The number of pyridine rings is 1. The third kappa shape index (κ3) is 6.04. The largest absolute Gasteiger partial charge is 0.514 e. The number of anilines is 2. The first-order chi connectivity index (χ1) is 12.9. The quantitative estimate of drug-likeness (QED) is 0.400. The molecule has 2 rings (SSSR count). The monoisotopic (exact) mass is 372 g/mol. The van der Waals surface area contributed by atoms with Crippen LogP contribution in [0.4, 0.5) is 27.8 Å². The summed E-state index contributed by atoms with van der Waals surface area (Å²) in [6, 6.07) is 9.61. The first-order valence-corrected chi connectivity index (χ1v) is 8.04. The summed E-state index contributed by atoms with van der Waals surface area (Å²) in [4.78, 5) is 26.9. The number of ether oxygens (including phenoxy) is 2. The van der Waals surface area contributed by atoms with Gasteiger partial charge in [-0.2, -0.15) is 0 Å². The maximum absolute atomic E-state index is 11.7. The van der Waals surface area contributed by atoms with E-state index in [9.17, 15) is 9.59 Å². The van der Waals surface area contributed by atoms with Crippen molar-refractivity contribution in [2.45, 2.75) is 20.0 Å². The summed E-state index contributed by atoms with van der Waals surface area (Å²) in [7, 11) is 0. The number of hydrogen-bond acceptors (Lipinski definition) is 9. The molecular weight excluding hydrogens is 352 g/mol. The number of amides is 1. The van der Waals surface area contributed by atoms with E-state index in [1.807, 2.05) is 0 Å². The number of nitrogens with two attached hydrogens (primary N) is 2. The number of azo groups is 1. The number of hydrogen-bond donors (Lipinski definition) is 3. The summed E-state index contributed by atoms with van der Waals surface area (Å²) in [6.45, 7) is 3.25. The number of rotatable bonds is 6. The van der Waals surface area contributed by atoms with Crippen LogP contribution >= 0.6 is 0 Å². The number of aromatic nitrogens is 1. The van der Waals surface area contributed by atoms with Crippen LogP contribution in [-0.2, 0) is 9.53 Å². The van der Waals surface area contributed by atoms with Gasteiger partial charge in [0.25, 0.3) is 0 Å². The fourth-order valence-corrected chi connectivity index (χ4v) is 1.86. The van der Waals surface area contributed by atoms with Crippen molar-refractivity contribution in [2.24, 2.45) is 16.0 Å². The van der Waals surface area contributed by atoms with Crippen LogP contribution in [0.3, 0.4) is 0 Å². The molecule has 0 atom stereocenters. The molecular formula is C17H20N6O4. The average Bonchev–Trinajstić information content (AvgIpc) is 2.61. The lowest BCUT2D eigenvalue weighted by molar-refractivity contribution is -0.114.